The van der Waals surface area contributed by atoms with Crippen LogP contribution in [0.15, 0.2) is 23.8 Å². The molecule has 0 atom stereocenters. The Morgan fingerprint density at radius 3 is 2.31 bits per heavy atom. The minimum Gasteiger partial charge on any atom is -0.478 e. The topological polar surface area (TPSA) is 37.3 Å². The van der Waals surface area contributed by atoms with Gasteiger partial charge in [-0.25, -0.2) is 4.79 Å². The molecule has 74 valence electrons. The maximum Gasteiger partial charge on any atom is 0.335 e. The van der Waals surface area contributed by atoms with Gasteiger partial charge >= 0.3 is 5.97 Å². The Balaban J connectivity index is 4.17. The summed E-state index contributed by atoms with van der Waals surface area (Å²) in [6.45, 7) is 4.10. The molecule has 0 aliphatic heterocycles. The van der Waals surface area contributed by atoms with Crippen LogP contribution in [0.5, 0.6) is 0 Å². The van der Waals surface area contributed by atoms with E-state index in [9.17, 15) is 4.79 Å². The van der Waals surface area contributed by atoms with Crippen molar-refractivity contribution in [3.05, 3.63) is 23.8 Å². The second kappa shape index (κ2) is 7.59. The van der Waals surface area contributed by atoms with Crippen LogP contribution in [-0.2, 0) is 4.79 Å². The fourth-order valence-corrected chi connectivity index (χ4v) is 0.903. The van der Waals surface area contributed by atoms with E-state index in [0.29, 0.717) is 5.57 Å². The zero-order valence-electron chi connectivity index (χ0n) is 8.42. The first-order valence-corrected chi connectivity index (χ1v) is 4.82. The summed E-state index contributed by atoms with van der Waals surface area (Å²) in [6.07, 6.45) is 9.19. The summed E-state index contributed by atoms with van der Waals surface area (Å²) in [7, 11) is 0. The molecule has 1 N–H and O–H groups in total. The molecule has 0 saturated carbocycles. The quantitative estimate of drug-likeness (QED) is 0.506. The van der Waals surface area contributed by atoms with Gasteiger partial charge in [0, 0.05) is 0 Å². The zero-order chi connectivity index (χ0) is 10.1. The highest BCUT2D eigenvalue weighted by Gasteiger charge is 2.00. The van der Waals surface area contributed by atoms with Crippen LogP contribution in [0.2, 0.25) is 0 Å². The lowest BCUT2D eigenvalue weighted by molar-refractivity contribution is -0.132. The number of carboxylic acid groups (broad SMARTS) is 1. The molecule has 0 aliphatic carbocycles. The molecule has 0 bridgehead atoms. The fourth-order valence-electron chi connectivity index (χ4n) is 0.903. The number of rotatable bonds is 6. The molecular formula is C11H18O2. The Morgan fingerprint density at radius 2 is 1.85 bits per heavy atom. The molecule has 0 aromatic carbocycles. The molecule has 2 nitrogen and oxygen atoms in total. The summed E-state index contributed by atoms with van der Waals surface area (Å²) in [6, 6.07) is 0. The van der Waals surface area contributed by atoms with Gasteiger partial charge in [0.05, 0.1) is 5.57 Å². The van der Waals surface area contributed by atoms with E-state index in [2.05, 4.69) is 6.92 Å². The summed E-state index contributed by atoms with van der Waals surface area (Å²) < 4.78 is 0. The first-order valence-electron chi connectivity index (χ1n) is 4.82. The molecule has 0 aromatic rings. The number of allylic oxidation sites excluding steroid dienone is 2. The summed E-state index contributed by atoms with van der Waals surface area (Å²) in [4.78, 5) is 10.7. The van der Waals surface area contributed by atoms with Gasteiger partial charge in [0.1, 0.15) is 0 Å². The average Bonchev–Trinajstić information content (AvgIpc) is 2.10. The largest absolute Gasteiger partial charge is 0.478 e. The third kappa shape index (κ3) is 6.14. The van der Waals surface area contributed by atoms with Gasteiger partial charge in [-0.15, -0.1) is 0 Å². The Morgan fingerprint density at radius 1 is 1.23 bits per heavy atom. The molecule has 13 heavy (non-hydrogen) atoms. The van der Waals surface area contributed by atoms with Crippen LogP contribution in [0.1, 0.15) is 39.5 Å². The maximum atomic E-state index is 10.7. The molecule has 0 fully saturated rings. The Bertz CT molecular complexity index is 202. The number of carbonyl (C=O) groups is 1. The van der Waals surface area contributed by atoms with Crippen LogP contribution in [0.4, 0.5) is 0 Å². The SMILES string of the molecule is CCC/C=C/C(=C\CCC)C(=O)O. The van der Waals surface area contributed by atoms with Crippen LogP contribution >= 0.6 is 0 Å². The van der Waals surface area contributed by atoms with E-state index in [0.717, 1.165) is 25.7 Å². The van der Waals surface area contributed by atoms with Crippen LogP contribution in [-0.4, -0.2) is 11.1 Å². The molecule has 0 heterocycles. The molecule has 0 rings (SSSR count). The van der Waals surface area contributed by atoms with E-state index in [4.69, 9.17) is 5.11 Å². The third-order valence-electron chi connectivity index (χ3n) is 1.65. The van der Waals surface area contributed by atoms with Gasteiger partial charge in [-0.3, -0.25) is 0 Å². The molecule has 2 heteroatoms. The minimum absolute atomic E-state index is 0.412. The highest BCUT2D eigenvalue weighted by molar-refractivity contribution is 5.89. The predicted molar refractivity (Wildman–Crippen MR) is 54.7 cm³/mol. The normalized spacial score (nSPS) is 12.3. The van der Waals surface area contributed by atoms with Gasteiger partial charge in [-0.1, -0.05) is 44.9 Å². The summed E-state index contributed by atoms with van der Waals surface area (Å²) in [5.74, 6) is -0.833. The smallest absolute Gasteiger partial charge is 0.335 e. The Hall–Kier alpha value is -1.05. The molecule has 0 spiro atoms. The van der Waals surface area contributed by atoms with Crippen LogP contribution in [0.3, 0.4) is 0 Å². The Labute approximate surface area is 80.0 Å². The van der Waals surface area contributed by atoms with Crippen molar-refractivity contribution in [2.75, 3.05) is 0 Å². The van der Waals surface area contributed by atoms with E-state index >= 15 is 0 Å². The van der Waals surface area contributed by atoms with Gasteiger partial charge < -0.3 is 5.11 Å². The van der Waals surface area contributed by atoms with E-state index in [1.54, 1.807) is 12.2 Å². The summed E-state index contributed by atoms with van der Waals surface area (Å²) >= 11 is 0. The van der Waals surface area contributed by atoms with Crippen LogP contribution in [0, 0.1) is 0 Å². The predicted octanol–water partition coefficient (Wildman–Crippen LogP) is 3.15. The van der Waals surface area contributed by atoms with Gasteiger partial charge in [0.15, 0.2) is 0 Å². The van der Waals surface area contributed by atoms with Crippen molar-refractivity contribution < 1.29 is 9.90 Å². The second-order valence-electron chi connectivity index (χ2n) is 2.94. The lowest BCUT2D eigenvalue weighted by atomic mass is 10.1. The van der Waals surface area contributed by atoms with Crippen molar-refractivity contribution in [2.24, 2.45) is 0 Å². The second-order valence-corrected chi connectivity index (χ2v) is 2.94. The highest BCUT2D eigenvalue weighted by Crippen LogP contribution is 2.03. The van der Waals surface area contributed by atoms with Crippen molar-refractivity contribution in [1.29, 1.82) is 0 Å². The number of aliphatic carboxylic acids is 1. The molecule has 0 radical (unpaired) electrons. The van der Waals surface area contributed by atoms with Gasteiger partial charge in [0.25, 0.3) is 0 Å². The highest BCUT2D eigenvalue weighted by atomic mass is 16.4. The summed E-state index contributed by atoms with van der Waals surface area (Å²) in [5.41, 5.74) is 0.412. The van der Waals surface area contributed by atoms with Crippen molar-refractivity contribution in [3.63, 3.8) is 0 Å². The maximum absolute atomic E-state index is 10.7. The van der Waals surface area contributed by atoms with Crippen LogP contribution < -0.4 is 0 Å². The number of carboxylic acids is 1. The van der Waals surface area contributed by atoms with E-state index < -0.39 is 5.97 Å². The first kappa shape index (κ1) is 11.9. The van der Waals surface area contributed by atoms with Gasteiger partial charge in [0.2, 0.25) is 0 Å². The fraction of sp³-hybridized carbons (Fsp3) is 0.545. The van der Waals surface area contributed by atoms with Gasteiger partial charge in [-0.05, 0) is 12.8 Å². The number of hydrogen-bond acceptors (Lipinski definition) is 1. The molecular weight excluding hydrogens is 164 g/mol. The summed E-state index contributed by atoms with van der Waals surface area (Å²) in [5, 5.41) is 8.78. The molecule has 0 aromatic heterocycles. The molecule has 0 aliphatic rings. The lowest BCUT2D eigenvalue weighted by Crippen LogP contribution is -1.97. The van der Waals surface area contributed by atoms with Crippen molar-refractivity contribution in [2.45, 2.75) is 39.5 Å². The standard InChI is InChI=1S/C11H18O2/c1-3-5-7-9-10(11(12)13)8-6-4-2/h7-9H,3-6H2,1-2H3,(H,12,13)/b9-7+,10-8+. The van der Waals surface area contributed by atoms with Gasteiger partial charge in [-0.2, -0.15) is 0 Å². The van der Waals surface area contributed by atoms with E-state index in [1.165, 1.54) is 0 Å². The average molecular weight is 182 g/mol. The monoisotopic (exact) mass is 182 g/mol. The minimum atomic E-state index is -0.833. The number of hydrogen-bond donors (Lipinski definition) is 1. The zero-order valence-corrected chi connectivity index (χ0v) is 8.42. The Kier molecular flexibility index (Phi) is 6.98. The van der Waals surface area contributed by atoms with Crippen LogP contribution in [0.25, 0.3) is 0 Å². The molecule has 0 unspecified atom stereocenters. The van der Waals surface area contributed by atoms with Crippen molar-refractivity contribution >= 4 is 5.97 Å². The third-order valence-corrected chi connectivity index (χ3v) is 1.65. The van der Waals surface area contributed by atoms with E-state index in [-0.39, 0.29) is 0 Å². The van der Waals surface area contributed by atoms with E-state index in [1.807, 2.05) is 13.0 Å². The van der Waals surface area contributed by atoms with Crippen molar-refractivity contribution in [1.82, 2.24) is 0 Å². The molecule has 0 saturated heterocycles. The lowest BCUT2D eigenvalue weighted by Gasteiger charge is -1.94. The molecule has 0 amide bonds. The van der Waals surface area contributed by atoms with Crippen molar-refractivity contribution in [3.8, 4) is 0 Å². The number of unbranched alkanes of at least 4 members (excludes halogenated alkanes) is 2. The first-order chi connectivity index (χ1) is 6.22.